The lowest BCUT2D eigenvalue weighted by Gasteiger charge is -2.34. The van der Waals surface area contributed by atoms with Gasteiger partial charge in [0.1, 0.15) is 0 Å². The number of amides is 1. The molecule has 1 N–H and O–H groups in total. The van der Waals surface area contributed by atoms with Crippen LogP contribution in [0.2, 0.25) is 0 Å². The van der Waals surface area contributed by atoms with Crippen LogP contribution in [-0.4, -0.2) is 47.7 Å². The second-order valence-corrected chi connectivity index (χ2v) is 7.11. The van der Waals surface area contributed by atoms with E-state index >= 15 is 0 Å². The van der Waals surface area contributed by atoms with E-state index < -0.39 is 5.97 Å². The number of hydrogen-bond donors (Lipinski definition) is 1. The van der Waals surface area contributed by atoms with E-state index in [4.69, 9.17) is 4.74 Å². The summed E-state index contributed by atoms with van der Waals surface area (Å²) < 4.78 is 6.04. The summed E-state index contributed by atoms with van der Waals surface area (Å²) >= 11 is 3.30. The number of halogens is 1. The molecular formula is C17H20BrNO4. The zero-order valence-electron chi connectivity index (χ0n) is 12.8. The fourth-order valence-corrected chi connectivity index (χ4v) is 4.13. The summed E-state index contributed by atoms with van der Waals surface area (Å²) in [5.74, 6) is -0.605. The number of carboxylic acid groups (broad SMARTS) is 1. The summed E-state index contributed by atoms with van der Waals surface area (Å²) in [5.41, 5.74) is 0.570. The molecule has 2 heterocycles. The van der Waals surface area contributed by atoms with Crippen molar-refractivity contribution < 1.29 is 19.4 Å². The van der Waals surface area contributed by atoms with E-state index in [1.54, 1.807) is 6.07 Å². The molecule has 0 saturated carbocycles. The Morgan fingerprint density at radius 1 is 1.13 bits per heavy atom. The Labute approximate surface area is 143 Å². The summed E-state index contributed by atoms with van der Waals surface area (Å²) in [5, 5.41) is 9.18. The summed E-state index contributed by atoms with van der Waals surface area (Å²) in [4.78, 5) is 26.0. The van der Waals surface area contributed by atoms with Crippen LogP contribution in [0.5, 0.6) is 0 Å². The van der Waals surface area contributed by atoms with E-state index in [1.165, 1.54) is 12.1 Å². The Bertz CT molecular complexity index is 613. The van der Waals surface area contributed by atoms with Gasteiger partial charge in [0, 0.05) is 35.8 Å². The maximum absolute atomic E-state index is 12.9. The molecule has 23 heavy (non-hydrogen) atoms. The molecule has 0 radical (unpaired) electrons. The van der Waals surface area contributed by atoms with Gasteiger partial charge in [0.15, 0.2) is 0 Å². The first-order valence-corrected chi connectivity index (χ1v) is 8.78. The minimum Gasteiger partial charge on any atom is -0.478 e. The van der Waals surface area contributed by atoms with Gasteiger partial charge < -0.3 is 14.7 Å². The Hall–Kier alpha value is -1.40. The van der Waals surface area contributed by atoms with Crippen LogP contribution in [0.4, 0.5) is 0 Å². The molecule has 2 saturated heterocycles. The summed E-state index contributed by atoms with van der Waals surface area (Å²) in [6, 6.07) is 4.93. The van der Waals surface area contributed by atoms with Crippen molar-refractivity contribution in [3.63, 3.8) is 0 Å². The topological polar surface area (TPSA) is 66.8 Å². The zero-order valence-corrected chi connectivity index (χ0v) is 14.4. The van der Waals surface area contributed by atoms with E-state index in [1.807, 2.05) is 4.90 Å². The molecule has 1 aromatic rings. The third kappa shape index (κ3) is 3.58. The fourth-order valence-electron chi connectivity index (χ4n) is 3.64. The van der Waals surface area contributed by atoms with Crippen molar-refractivity contribution in [1.82, 2.24) is 4.90 Å². The third-order valence-corrected chi connectivity index (χ3v) is 5.22. The van der Waals surface area contributed by atoms with Crippen LogP contribution in [0.3, 0.4) is 0 Å². The summed E-state index contributed by atoms with van der Waals surface area (Å²) in [6.07, 6.45) is 4.02. The number of carbonyl (C=O) groups excluding carboxylic acids is 1. The van der Waals surface area contributed by atoms with Crippen molar-refractivity contribution in [2.75, 3.05) is 19.8 Å². The van der Waals surface area contributed by atoms with E-state index in [2.05, 4.69) is 15.9 Å². The van der Waals surface area contributed by atoms with Crippen molar-refractivity contribution in [1.29, 1.82) is 0 Å². The molecule has 124 valence electrons. The van der Waals surface area contributed by atoms with Crippen LogP contribution in [0, 0.1) is 5.92 Å². The highest BCUT2D eigenvalue weighted by Crippen LogP contribution is 2.32. The molecule has 5 nitrogen and oxygen atoms in total. The molecule has 2 aliphatic heterocycles. The Morgan fingerprint density at radius 2 is 1.83 bits per heavy atom. The number of benzene rings is 1. The average molecular weight is 382 g/mol. The van der Waals surface area contributed by atoms with Gasteiger partial charge in [-0.25, -0.2) is 4.79 Å². The minimum absolute atomic E-state index is 0.0669. The number of aromatic carboxylic acids is 1. The van der Waals surface area contributed by atoms with Gasteiger partial charge in [-0.05, 0) is 49.8 Å². The first-order chi connectivity index (χ1) is 11.1. The van der Waals surface area contributed by atoms with Gasteiger partial charge in [-0.1, -0.05) is 15.9 Å². The number of carbonyl (C=O) groups is 2. The van der Waals surface area contributed by atoms with Gasteiger partial charge in [0.05, 0.1) is 5.56 Å². The van der Waals surface area contributed by atoms with Gasteiger partial charge in [0.25, 0.3) is 5.91 Å². The second kappa shape index (κ2) is 7.01. The van der Waals surface area contributed by atoms with Crippen molar-refractivity contribution in [3.05, 3.63) is 33.8 Å². The molecule has 0 aromatic heterocycles. The smallest absolute Gasteiger partial charge is 0.335 e. The molecule has 6 heteroatoms. The summed E-state index contributed by atoms with van der Waals surface area (Å²) in [6.45, 7) is 2.28. The molecular weight excluding hydrogens is 362 g/mol. The molecule has 0 bridgehead atoms. The van der Waals surface area contributed by atoms with E-state index in [0.29, 0.717) is 16.0 Å². The maximum Gasteiger partial charge on any atom is 0.335 e. The monoisotopic (exact) mass is 381 g/mol. The van der Waals surface area contributed by atoms with Gasteiger partial charge >= 0.3 is 5.97 Å². The molecule has 1 atom stereocenters. The van der Waals surface area contributed by atoms with Crippen LogP contribution in [0.15, 0.2) is 22.7 Å². The Morgan fingerprint density at radius 3 is 2.52 bits per heavy atom. The molecule has 1 unspecified atom stereocenters. The van der Waals surface area contributed by atoms with Crippen molar-refractivity contribution in [3.8, 4) is 0 Å². The normalized spacial score (nSPS) is 22.3. The summed E-state index contributed by atoms with van der Waals surface area (Å²) in [7, 11) is 0. The minimum atomic E-state index is -1.03. The lowest BCUT2D eigenvalue weighted by Crippen LogP contribution is -2.42. The lowest BCUT2D eigenvalue weighted by atomic mass is 9.90. The third-order valence-electron chi connectivity index (χ3n) is 4.76. The standard InChI is InChI=1S/C17H20BrNO4/c18-14-9-12(8-13(10-14)17(21)22)16(20)19-5-1-2-15(19)11-3-6-23-7-4-11/h8-11,15H,1-7H2,(H,21,22). The van der Waals surface area contributed by atoms with Gasteiger partial charge in [0.2, 0.25) is 0 Å². The molecule has 0 aliphatic carbocycles. The average Bonchev–Trinajstić information content (AvgIpc) is 3.04. The van der Waals surface area contributed by atoms with E-state index in [0.717, 1.165) is 45.4 Å². The predicted octanol–water partition coefficient (Wildman–Crippen LogP) is 3.18. The predicted molar refractivity (Wildman–Crippen MR) is 88.7 cm³/mol. The first kappa shape index (κ1) is 16.5. The van der Waals surface area contributed by atoms with Gasteiger partial charge in [-0.2, -0.15) is 0 Å². The fraction of sp³-hybridized carbons (Fsp3) is 0.529. The van der Waals surface area contributed by atoms with E-state index in [-0.39, 0.29) is 17.5 Å². The molecule has 1 aromatic carbocycles. The number of ether oxygens (including phenoxy) is 1. The molecule has 3 rings (SSSR count). The van der Waals surface area contributed by atoms with E-state index in [9.17, 15) is 14.7 Å². The molecule has 2 fully saturated rings. The van der Waals surface area contributed by atoms with Crippen molar-refractivity contribution in [2.24, 2.45) is 5.92 Å². The van der Waals surface area contributed by atoms with Gasteiger partial charge in [-0.3, -0.25) is 4.79 Å². The number of hydrogen-bond acceptors (Lipinski definition) is 3. The highest BCUT2D eigenvalue weighted by Gasteiger charge is 2.35. The Kier molecular flexibility index (Phi) is 5.02. The molecule has 2 aliphatic rings. The van der Waals surface area contributed by atoms with Crippen LogP contribution in [0.25, 0.3) is 0 Å². The molecule has 0 spiro atoms. The largest absolute Gasteiger partial charge is 0.478 e. The van der Waals surface area contributed by atoms with Crippen molar-refractivity contribution >= 4 is 27.8 Å². The highest BCUT2D eigenvalue weighted by atomic mass is 79.9. The quantitative estimate of drug-likeness (QED) is 0.872. The number of carboxylic acids is 1. The maximum atomic E-state index is 12.9. The van der Waals surface area contributed by atoms with Crippen LogP contribution >= 0.6 is 15.9 Å². The SMILES string of the molecule is O=C(O)c1cc(Br)cc(C(=O)N2CCCC2C2CCOCC2)c1. The molecule has 1 amide bonds. The Balaban J connectivity index is 1.82. The number of nitrogens with zero attached hydrogens (tertiary/aromatic N) is 1. The highest BCUT2D eigenvalue weighted by molar-refractivity contribution is 9.10. The zero-order chi connectivity index (χ0) is 16.4. The lowest BCUT2D eigenvalue weighted by molar-refractivity contribution is 0.0322. The van der Waals surface area contributed by atoms with Crippen molar-refractivity contribution in [2.45, 2.75) is 31.7 Å². The van der Waals surface area contributed by atoms with Crippen LogP contribution < -0.4 is 0 Å². The first-order valence-electron chi connectivity index (χ1n) is 7.99. The van der Waals surface area contributed by atoms with Crippen LogP contribution in [-0.2, 0) is 4.74 Å². The number of rotatable bonds is 3. The second-order valence-electron chi connectivity index (χ2n) is 6.19. The van der Waals surface area contributed by atoms with Crippen LogP contribution in [0.1, 0.15) is 46.4 Å². The van der Waals surface area contributed by atoms with Gasteiger partial charge in [-0.15, -0.1) is 0 Å². The number of likely N-dealkylation sites (tertiary alicyclic amines) is 1.